The predicted octanol–water partition coefficient (Wildman–Crippen LogP) is 0.346. The second-order valence-electron chi connectivity index (χ2n) is 4.71. The topological polar surface area (TPSA) is 64.5 Å². The van der Waals surface area contributed by atoms with Crippen LogP contribution in [-0.4, -0.2) is 49.4 Å². The highest BCUT2D eigenvalue weighted by atomic mass is 16.5. The summed E-state index contributed by atoms with van der Waals surface area (Å²) in [5.74, 6) is 1.57. The lowest BCUT2D eigenvalue weighted by Gasteiger charge is -2.17. The van der Waals surface area contributed by atoms with Crippen molar-refractivity contribution in [2.75, 3.05) is 38.3 Å². The highest BCUT2D eigenvalue weighted by molar-refractivity contribution is 5.86. The molecular formula is C12H15N3O3. The van der Waals surface area contributed by atoms with Crippen LogP contribution in [0, 0.1) is 11.8 Å². The molecule has 0 saturated carbocycles. The standard InChI is InChI=1S/C12H15N3O3/c1-17-12(16)10-2-14-11(3-13-10)15-4-8-6-18-7-9(8)5-15/h2-3,8-9H,4-7H2,1H3. The van der Waals surface area contributed by atoms with Gasteiger partial charge in [-0.05, 0) is 0 Å². The Hall–Kier alpha value is -1.69. The molecule has 2 saturated heterocycles. The summed E-state index contributed by atoms with van der Waals surface area (Å²) >= 11 is 0. The number of aromatic nitrogens is 2. The number of fused-ring (bicyclic) bond motifs is 1. The van der Waals surface area contributed by atoms with Gasteiger partial charge in [-0.1, -0.05) is 0 Å². The Kier molecular flexibility index (Phi) is 2.87. The van der Waals surface area contributed by atoms with Crippen molar-refractivity contribution >= 4 is 11.8 Å². The van der Waals surface area contributed by atoms with Crippen LogP contribution in [0.5, 0.6) is 0 Å². The molecule has 2 aliphatic rings. The molecule has 18 heavy (non-hydrogen) atoms. The predicted molar refractivity (Wildman–Crippen MR) is 63.4 cm³/mol. The molecule has 6 nitrogen and oxygen atoms in total. The van der Waals surface area contributed by atoms with Gasteiger partial charge >= 0.3 is 5.97 Å². The summed E-state index contributed by atoms with van der Waals surface area (Å²) in [6.45, 7) is 3.59. The second-order valence-corrected chi connectivity index (χ2v) is 4.71. The number of ether oxygens (including phenoxy) is 2. The Morgan fingerprint density at radius 2 is 2.06 bits per heavy atom. The van der Waals surface area contributed by atoms with Crippen molar-refractivity contribution in [1.82, 2.24) is 9.97 Å². The van der Waals surface area contributed by atoms with E-state index < -0.39 is 5.97 Å². The summed E-state index contributed by atoms with van der Waals surface area (Å²) in [4.78, 5) is 21.8. The van der Waals surface area contributed by atoms with Gasteiger partial charge in [-0.3, -0.25) is 0 Å². The number of nitrogens with zero attached hydrogens (tertiary/aromatic N) is 3. The van der Waals surface area contributed by atoms with Crippen molar-refractivity contribution in [3.63, 3.8) is 0 Å². The fourth-order valence-corrected chi connectivity index (χ4v) is 2.57. The van der Waals surface area contributed by atoms with Gasteiger partial charge in [0.1, 0.15) is 5.82 Å². The van der Waals surface area contributed by atoms with E-state index in [2.05, 4.69) is 19.6 Å². The minimum Gasteiger partial charge on any atom is -0.464 e. The Balaban J connectivity index is 1.72. The molecule has 0 N–H and O–H groups in total. The number of rotatable bonds is 2. The van der Waals surface area contributed by atoms with Crippen LogP contribution >= 0.6 is 0 Å². The van der Waals surface area contributed by atoms with Gasteiger partial charge in [-0.2, -0.15) is 0 Å². The third kappa shape index (κ3) is 1.92. The zero-order valence-electron chi connectivity index (χ0n) is 10.2. The monoisotopic (exact) mass is 249 g/mol. The van der Waals surface area contributed by atoms with Gasteiger partial charge in [0.25, 0.3) is 0 Å². The minimum absolute atomic E-state index is 0.240. The molecule has 0 bridgehead atoms. The Bertz CT molecular complexity index is 436. The van der Waals surface area contributed by atoms with Crippen LogP contribution in [0.2, 0.25) is 0 Å². The summed E-state index contributed by atoms with van der Waals surface area (Å²) < 4.78 is 10.0. The number of anilines is 1. The molecule has 1 aromatic rings. The minimum atomic E-state index is -0.458. The van der Waals surface area contributed by atoms with Crippen LogP contribution < -0.4 is 4.90 Å². The van der Waals surface area contributed by atoms with Gasteiger partial charge in [0.2, 0.25) is 0 Å². The number of hydrogen-bond donors (Lipinski definition) is 0. The molecule has 2 unspecified atom stereocenters. The van der Waals surface area contributed by atoms with E-state index in [0.717, 1.165) is 32.1 Å². The van der Waals surface area contributed by atoms with Gasteiger partial charge in [-0.25, -0.2) is 14.8 Å². The van der Waals surface area contributed by atoms with E-state index in [1.54, 1.807) is 6.20 Å². The van der Waals surface area contributed by atoms with E-state index in [1.165, 1.54) is 13.3 Å². The SMILES string of the molecule is COC(=O)c1cnc(N2CC3COCC3C2)cn1. The average molecular weight is 249 g/mol. The fraction of sp³-hybridized carbons (Fsp3) is 0.583. The Morgan fingerprint density at radius 1 is 1.33 bits per heavy atom. The summed E-state index contributed by atoms with van der Waals surface area (Å²) in [7, 11) is 1.33. The zero-order valence-corrected chi connectivity index (χ0v) is 10.2. The highest BCUT2D eigenvalue weighted by Crippen LogP contribution is 2.31. The van der Waals surface area contributed by atoms with Crippen molar-refractivity contribution in [3.8, 4) is 0 Å². The van der Waals surface area contributed by atoms with Crippen molar-refractivity contribution in [1.29, 1.82) is 0 Å². The Morgan fingerprint density at radius 3 is 2.61 bits per heavy atom. The third-order valence-corrected chi connectivity index (χ3v) is 3.60. The summed E-state index contributed by atoms with van der Waals surface area (Å²) in [5.41, 5.74) is 0.240. The van der Waals surface area contributed by atoms with Crippen molar-refractivity contribution in [2.24, 2.45) is 11.8 Å². The van der Waals surface area contributed by atoms with E-state index in [-0.39, 0.29) is 5.69 Å². The maximum absolute atomic E-state index is 11.3. The van der Waals surface area contributed by atoms with Crippen LogP contribution in [0.1, 0.15) is 10.5 Å². The molecule has 0 amide bonds. The van der Waals surface area contributed by atoms with Crippen molar-refractivity contribution in [3.05, 3.63) is 18.1 Å². The fourth-order valence-electron chi connectivity index (χ4n) is 2.57. The van der Waals surface area contributed by atoms with Gasteiger partial charge in [0, 0.05) is 24.9 Å². The molecule has 3 rings (SSSR count). The maximum Gasteiger partial charge on any atom is 0.358 e. The molecule has 0 radical (unpaired) electrons. The van der Waals surface area contributed by atoms with Gasteiger partial charge < -0.3 is 14.4 Å². The quantitative estimate of drug-likeness (QED) is 0.704. The van der Waals surface area contributed by atoms with Crippen molar-refractivity contribution in [2.45, 2.75) is 0 Å². The van der Waals surface area contributed by atoms with E-state index in [4.69, 9.17) is 4.74 Å². The molecule has 96 valence electrons. The normalized spacial score (nSPS) is 26.2. The van der Waals surface area contributed by atoms with Gasteiger partial charge in [-0.15, -0.1) is 0 Å². The molecule has 2 aliphatic heterocycles. The maximum atomic E-state index is 11.3. The first-order valence-corrected chi connectivity index (χ1v) is 6.01. The molecule has 2 atom stereocenters. The molecule has 1 aromatic heterocycles. The molecular weight excluding hydrogens is 234 g/mol. The smallest absolute Gasteiger partial charge is 0.358 e. The third-order valence-electron chi connectivity index (χ3n) is 3.60. The number of carbonyl (C=O) groups is 1. The molecule has 0 spiro atoms. The largest absolute Gasteiger partial charge is 0.464 e. The van der Waals surface area contributed by atoms with Crippen LogP contribution in [-0.2, 0) is 9.47 Å². The van der Waals surface area contributed by atoms with E-state index in [0.29, 0.717) is 11.8 Å². The number of esters is 1. The zero-order chi connectivity index (χ0) is 12.5. The first-order valence-electron chi connectivity index (χ1n) is 6.01. The van der Waals surface area contributed by atoms with E-state index in [1.807, 2.05) is 0 Å². The van der Waals surface area contributed by atoms with Crippen LogP contribution in [0.15, 0.2) is 12.4 Å². The molecule has 6 heteroatoms. The Labute approximate surface area is 105 Å². The first kappa shape index (κ1) is 11.4. The van der Waals surface area contributed by atoms with Crippen LogP contribution in [0.3, 0.4) is 0 Å². The number of hydrogen-bond acceptors (Lipinski definition) is 6. The number of methoxy groups -OCH3 is 1. The van der Waals surface area contributed by atoms with Crippen LogP contribution in [0.4, 0.5) is 5.82 Å². The summed E-state index contributed by atoms with van der Waals surface area (Å²) in [6.07, 6.45) is 3.10. The lowest BCUT2D eigenvalue weighted by atomic mass is 10.0. The highest BCUT2D eigenvalue weighted by Gasteiger charge is 2.37. The molecule has 3 heterocycles. The van der Waals surface area contributed by atoms with Crippen molar-refractivity contribution < 1.29 is 14.3 Å². The molecule has 0 aliphatic carbocycles. The summed E-state index contributed by atoms with van der Waals surface area (Å²) in [5, 5.41) is 0. The lowest BCUT2D eigenvalue weighted by molar-refractivity contribution is 0.0593. The van der Waals surface area contributed by atoms with E-state index in [9.17, 15) is 4.79 Å². The van der Waals surface area contributed by atoms with Crippen LogP contribution in [0.25, 0.3) is 0 Å². The molecule has 2 fully saturated rings. The van der Waals surface area contributed by atoms with Gasteiger partial charge in [0.05, 0.1) is 32.7 Å². The lowest BCUT2D eigenvalue weighted by Crippen LogP contribution is -2.23. The van der Waals surface area contributed by atoms with Gasteiger partial charge in [0.15, 0.2) is 5.69 Å². The second kappa shape index (κ2) is 4.53. The first-order chi connectivity index (χ1) is 8.78. The number of carbonyl (C=O) groups excluding carboxylic acids is 1. The molecule has 0 aromatic carbocycles. The van der Waals surface area contributed by atoms with E-state index >= 15 is 0 Å². The summed E-state index contributed by atoms with van der Waals surface area (Å²) in [6, 6.07) is 0. The average Bonchev–Trinajstić information content (AvgIpc) is 2.99.